The van der Waals surface area contributed by atoms with Gasteiger partial charge in [0.1, 0.15) is 17.5 Å². The highest BCUT2D eigenvalue weighted by atomic mass is 19.4. The Morgan fingerprint density at radius 2 is 1.88 bits per heavy atom. The average molecular weight is 555 g/mol. The Balaban J connectivity index is 1.12. The lowest BCUT2D eigenvalue weighted by atomic mass is 9.88. The Morgan fingerprint density at radius 1 is 1.10 bits per heavy atom. The number of carbonyl (C=O) groups excluding carboxylic acids is 1. The van der Waals surface area contributed by atoms with Crippen molar-refractivity contribution in [2.45, 2.75) is 18.1 Å². The summed E-state index contributed by atoms with van der Waals surface area (Å²) in [7, 11) is 0. The van der Waals surface area contributed by atoms with E-state index in [0.717, 1.165) is 28.9 Å². The van der Waals surface area contributed by atoms with Crippen molar-refractivity contribution in [3.8, 4) is 17.3 Å². The van der Waals surface area contributed by atoms with Gasteiger partial charge >= 0.3 is 6.18 Å². The summed E-state index contributed by atoms with van der Waals surface area (Å²) in [5.74, 6) is -2.47. The second kappa shape index (κ2) is 9.65. The number of halogens is 4. The van der Waals surface area contributed by atoms with Crippen LogP contribution in [0.1, 0.15) is 22.5 Å². The number of H-pyrrole nitrogens is 1. The minimum Gasteiger partial charge on any atom is -0.346 e. The van der Waals surface area contributed by atoms with Gasteiger partial charge in [0.05, 0.1) is 29.9 Å². The van der Waals surface area contributed by atoms with Crippen LogP contribution in [-0.4, -0.2) is 89.8 Å². The van der Waals surface area contributed by atoms with Gasteiger partial charge in [-0.3, -0.25) is 9.48 Å². The van der Waals surface area contributed by atoms with Crippen LogP contribution in [0.25, 0.3) is 22.3 Å². The van der Waals surface area contributed by atoms with Crippen LogP contribution in [0.3, 0.4) is 0 Å². The Bertz CT molecular complexity index is 1610. The van der Waals surface area contributed by atoms with Gasteiger partial charge in [-0.15, -0.1) is 0 Å². The molecule has 0 saturated carbocycles. The molecule has 0 bridgehead atoms. The Hall–Kier alpha value is -4.42. The first-order valence-corrected chi connectivity index (χ1v) is 12.4. The fourth-order valence-corrected chi connectivity index (χ4v) is 5.28. The van der Waals surface area contributed by atoms with E-state index in [9.17, 15) is 27.6 Å². The highest BCUT2D eigenvalue weighted by Gasteiger charge is 2.48. The molecular weight excluding hydrogens is 532 g/mol. The average Bonchev–Trinajstić information content (AvgIpc) is 3.60. The molecule has 2 fully saturated rings. The van der Waals surface area contributed by atoms with Crippen molar-refractivity contribution < 1.29 is 22.4 Å². The standard InChI is InChI=1S/C25H22F4N10O/c26-19-17(1-5-31-21(19)25(27,28)29)23(40)36-7-9-37(10-8-36)38-13-24(14-38,3-4-30)39-12-16(11-35-39)20-18-2-6-32-22(18)34-15-33-20/h1-2,5-6,11-12,15H,3,7-10,13-14H2,(H,32,33,34). The molecular formula is C25H22F4N10O. The molecule has 15 heteroatoms. The van der Waals surface area contributed by atoms with Gasteiger partial charge in [-0.2, -0.15) is 23.5 Å². The third kappa shape index (κ3) is 4.34. The highest BCUT2D eigenvalue weighted by molar-refractivity contribution is 5.94. The number of hydrogen-bond donors (Lipinski definition) is 1. The zero-order chi connectivity index (χ0) is 28.1. The van der Waals surface area contributed by atoms with Gasteiger partial charge in [0, 0.05) is 68.8 Å². The molecule has 0 spiro atoms. The minimum atomic E-state index is -5.00. The topological polar surface area (TPSA) is 123 Å². The van der Waals surface area contributed by atoms with Crippen LogP contribution in [0.5, 0.6) is 0 Å². The largest absolute Gasteiger partial charge is 0.436 e. The number of rotatable bonds is 5. The zero-order valence-electron chi connectivity index (χ0n) is 20.9. The van der Waals surface area contributed by atoms with Crippen molar-refractivity contribution in [2.24, 2.45) is 0 Å². The van der Waals surface area contributed by atoms with Gasteiger partial charge in [0.2, 0.25) is 0 Å². The first-order chi connectivity index (χ1) is 19.2. The Kier molecular flexibility index (Phi) is 6.23. The number of fused-ring (bicyclic) bond motifs is 1. The molecule has 0 aromatic carbocycles. The summed E-state index contributed by atoms with van der Waals surface area (Å²) in [5, 5.41) is 19.1. The molecule has 0 aliphatic carbocycles. The molecule has 206 valence electrons. The molecule has 4 aromatic heterocycles. The molecule has 0 radical (unpaired) electrons. The summed E-state index contributed by atoms with van der Waals surface area (Å²) in [6.45, 7) is 2.24. The highest BCUT2D eigenvalue weighted by Crippen LogP contribution is 2.36. The summed E-state index contributed by atoms with van der Waals surface area (Å²) < 4.78 is 55.3. The number of nitriles is 1. The second-order valence-electron chi connectivity index (χ2n) is 9.78. The van der Waals surface area contributed by atoms with E-state index in [0.29, 0.717) is 31.8 Å². The van der Waals surface area contributed by atoms with Crippen LogP contribution in [0.4, 0.5) is 17.6 Å². The lowest BCUT2D eigenvalue weighted by Gasteiger charge is -2.54. The number of alkyl halides is 3. The Labute approximate surface area is 224 Å². The van der Waals surface area contributed by atoms with Gasteiger partial charge in [-0.05, 0) is 12.1 Å². The van der Waals surface area contributed by atoms with Crippen LogP contribution in [0.2, 0.25) is 0 Å². The number of hydrogen-bond acceptors (Lipinski definition) is 8. The quantitative estimate of drug-likeness (QED) is 0.374. The molecule has 0 atom stereocenters. The van der Waals surface area contributed by atoms with Gasteiger partial charge in [-0.25, -0.2) is 29.4 Å². The maximum atomic E-state index is 14.4. The molecule has 2 saturated heterocycles. The van der Waals surface area contributed by atoms with E-state index in [1.165, 1.54) is 11.2 Å². The van der Waals surface area contributed by atoms with E-state index in [2.05, 4.69) is 36.1 Å². The number of hydrazine groups is 1. The second-order valence-corrected chi connectivity index (χ2v) is 9.78. The molecule has 2 aliphatic rings. The number of amides is 1. The number of aromatic nitrogens is 6. The number of nitrogens with one attached hydrogen (secondary N) is 1. The maximum Gasteiger partial charge on any atom is 0.436 e. The van der Waals surface area contributed by atoms with Crippen molar-refractivity contribution in [1.29, 1.82) is 5.26 Å². The maximum absolute atomic E-state index is 14.4. The number of nitrogens with zero attached hydrogens (tertiary/aromatic N) is 9. The smallest absolute Gasteiger partial charge is 0.346 e. The number of aromatic amines is 1. The lowest BCUT2D eigenvalue weighted by Crippen LogP contribution is -2.69. The number of carbonyl (C=O) groups is 1. The van der Waals surface area contributed by atoms with Crippen LogP contribution in [0.15, 0.2) is 43.2 Å². The predicted molar refractivity (Wildman–Crippen MR) is 132 cm³/mol. The summed E-state index contributed by atoms with van der Waals surface area (Å²) >= 11 is 0. The monoisotopic (exact) mass is 554 g/mol. The summed E-state index contributed by atoms with van der Waals surface area (Å²) in [6.07, 6.45) is 2.87. The van der Waals surface area contributed by atoms with E-state index in [1.54, 1.807) is 17.1 Å². The predicted octanol–water partition coefficient (Wildman–Crippen LogP) is 2.67. The van der Waals surface area contributed by atoms with Crippen molar-refractivity contribution in [3.05, 3.63) is 60.3 Å². The summed E-state index contributed by atoms with van der Waals surface area (Å²) in [5.41, 5.74) is -0.669. The molecule has 4 aromatic rings. The van der Waals surface area contributed by atoms with E-state index in [1.807, 2.05) is 17.3 Å². The van der Waals surface area contributed by atoms with Crippen LogP contribution < -0.4 is 0 Å². The molecule has 0 unspecified atom stereocenters. The third-order valence-corrected chi connectivity index (χ3v) is 7.39. The molecule has 40 heavy (non-hydrogen) atoms. The zero-order valence-corrected chi connectivity index (χ0v) is 20.9. The fraction of sp³-hybridized carbons (Fsp3) is 0.360. The minimum absolute atomic E-state index is 0.204. The molecule has 2 aliphatic heterocycles. The Morgan fingerprint density at radius 3 is 2.60 bits per heavy atom. The van der Waals surface area contributed by atoms with Gasteiger partial charge in [0.25, 0.3) is 5.91 Å². The number of pyridine rings is 1. The SMILES string of the molecule is N#CCC1(n2cc(-c3ncnc4[nH]ccc34)cn2)CN(N2CCN(C(=O)c3ccnc(C(F)(F)F)c3F)CC2)C1. The van der Waals surface area contributed by atoms with Crippen LogP contribution >= 0.6 is 0 Å². The molecule has 6 rings (SSSR count). The molecule has 11 nitrogen and oxygen atoms in total. The summed E-state index contributed by atoms with van der Waals surface area (Å²) in [6, 6.07) is 5.11. The van der Waals surface area contributed by atoms with Crippen molar-refractivity contribution in [3.63, 3.8) is 0 Å². The fourth-order valence-electron chi connectivity index (χ4n) is 5.28. The van der Waals surface area contributed by atoms with E-state index in [-0.39, 0.29) is 19.5 Å². The molecule has 1 N–H and O–H groups in total. The third-order valence-electron chi connectivity index (χ3n) is 7.39. The van der Waals surface area contributed by atoms with Crippen molar-refractivity contribution >= 4 is 16.9 Å². The van der Waals surface area contributed by atoms with Gasteiger partial charge < -0.3 is 9.88 Å². The van der Waals surface area contributed by atoms with E-state index < -0.39 is 34.7 Å². The summed E-state index contributed by atoms with van der Waals surface area (Å²) in [4.78, 5) is 28.9. The van der Waals surface area contributed by atoms with Crippen LogP contribution in [-0.2, 0) is 11.7 Å². The van der Waals surface area contributed by atoms with Gasteiger partial charge in [-0.1, -0.05) is 0 Å². The van der Waals surface area contributed by atoms with E-state index >= 15 is 0 Å². The first-order valence-electron chi connectivity index (χ1n) is 12.4. The van der Waals surface area contributed by atoms with E-state index in [4.69, 9.17) is 0 Å². The lowest BCUT2D eigenvalue weighted by molar-refractivity contribution is -0.156. The van der Waals surface area contributed by atoms with Crippen molar-refractivity contribution in [1.82, 2.24) is 44.6 Å². The molecule has 1 amide bonds. The molecule has 6 heterocycles. The van der Waals surface area contributed by atoms with Crippen LogP contribution in [0, 0.1) is 17.1 Å². The first kappa shape index (κ1) is 25.8. The normalized spacial score (nSPS) is 18.0. The van der Waals surface area contributed by atoms with Crippen molar-refractivity contribution in [2.75, 3.05) is 39.3 Å². The van der Waals surface area contributed by atoms with Gasteiger partial charge in [0.15, 0.2) is 11.5 Å². The number of piperazine rings is 1.